The number of nitrogens with one attached hydrogen (secondary N) is 1. The van der Waals surface area contributed by atoms with Crippen molar-refractivity contribution < 1.29 is 9.59 Å². The molecule has 2 amide bonds. The molecule has 0 saturated carbocycles. The minimum atomic E-state index is -0.627. The van der Waals surface area contributed by atoms with Gasteiger partial charge in [0.2, 0.25) is 11.8 Å². The standard InChI is InChI=1S/C17H24BrN3O2/c1-3-17(4-2,11-19)20-15(22)14-8-9-21(16(14)23)13-7-5-6-12(18)10-13/h5-7,10,14H,3-4,8-9,11,19H2,1-2H3,(H,20,22). The van der Waals surface area contributed by atoms with E-state index in [0.29, 0.717) is 19.5 Å². The van der Waals surface area contributed by atoms with Gasteiger partial charge in [-0.2, -0.15) is 0 Å². The van der Waals surface area contributed by atoms with Crippen molar-refractivity contribution in [2.75, 3.05) is 18.0 Å². The van der Waals surface area contributed by atoms with Gasteiger partial charge in [0.1, 0.15) is 5.92 Å². The molecule has 1 fully saturated rings. The van der Waals surface area contributed by atoms with E-state index in [2.05, 4.69) is 21.2 Å². The number of nitrogens with two attached hydrogens (primary N) is 1. The number of rotatable bonds is 6. The Balaban J connectivity index is 2.11. The molecule has 3 N–H and O–H groups in total. The molecule has 2 rings (SSSR count). The molecule has 5 nitrogen and oxygen atoms in total. The molecule has 1 aromatic carbocycles. The lowest BCUT2D eigenvalue weighted by molar-refractivity contribution is -0.133. The highest BCUT2D eigenvalue weighted by Gasteiger charge is 2.40. The van der Waals surface area contributed by atoms with Crippen molar-refractivity contribution >= 4 is 33.4 Å². The lowest BCUT2D eigenvalue weighted by atomic mass is 9.91. The molecule has 1 heterocycles. The van der Waals surface area contributed by atoms with Crippen LogP contribution in [-0.2, 0) is 9.59 Å². The summed E-state index contributed by atoms with van der Waals surface area (Å²) in [5, 5.41) is 3.01. The molecule has 0 aromatic heterocycles. The fourth-order valence-corrected chi connectivity index (χ4v) is 3.33. The first-order valence-corrected chi connectivity index (χ1v) is 8.84. The first-order chi connectivity index (χ1) is 11.0. The second-order valence-corrected chi connectivity index (χ2v) is 6.91. The van der Waals surface area contributed by atoms with Crippen LogP contribution in [0.25, 0.3) is 0 Å². The van der Waals surface area contributed by atoms with Gasteiger partial charge in [-0.1, -0.05) is 35.8 Å². The fraction of sp³-hybridized carbons (Fsp3) is 0.529. The summed E-state index contributed by atoms with van der Waals surface area (Å²) >= 11 is 3.41. The number of carbonyl (C=O) groups excluding carboxylic acids is 2. The molecule has 1 aromatic rings. The van der Waals surface area contributed by atoms with Crippen LogP contribution in [-0.4, -0.2) is 30.4 Å². The average molecular weight is 382 g/mol. The topological polar surface area (TPSA) is 75.4 Å². The molecule has 1 saturated heterocycles. The number of carbonyl (C=O) groups is 2. The average Bonchev–Trinajstić information content (AvgIpc) is 2.94. The van der Waals surface area contributed by atoms with Gasteiger partial charge in [-0.15, -0.1) is 0 Å². The molecule has 23 heavy (non-hydrogen) atoms. The first-order valence-electron chi connectivity index (χ1n) is 8.05. The van der Waals surface area contributed by atoms with Gasteiger partial charge in [0.15, 0.2) is 0 Å². The zero-order valence-corrected chi connectivity index (χ0v) is 15.2. The van der Waals surface area contributed by atoms with Crippen LogP contribution in [0.5, 0.6) is 0 Å². The Morgan fingerprint density at radius 2 is 2.13 bits per heavy atom. The van der Waals surface area contributed by atoms with Crippen LogP contribution in [0.2, 0.25) is 0 Å². The summed E-state index contributed by atoms with van der Waals surface area (Å²) in [6, 6.07) is 7.56. The molecule has 0 aliphatic carbocycles. The first kappa shape index (κ1) is 17.9. The zero-order chi connectivity index (χ0) is 17.0. The Labute approximate surface area is 145 Å². The summed E-state index contributed by atoms with van der Waals surface area (Å²) in [7, 11) is 0. The third kappa shape index (κ3) is 3.75. The van der Waals surface area contributed by atoms with E-state index in [1.165, 1.54) is 0 Å². The number of nitrogens with zero attached hydrogens (tertiary/aromatic N) is 1. The van der Waals surface area contributed by atoms with Crippen molar-refractivity contribution in [2.24, 2.45) is 11.7 Å². The molecule has 1 atom stereocenters. The van der Waals surface area contributed by atoms with E-state index in [1.54, 1.807) is 4.90 Å². The Bertz CT molecular complexity index is 579. The van der Waals surface area contributed by atoms with Gasteiger partial charge in [-0.3, -0.25) is 9.59 Å². The van der Waals surface area contributed by atoms with Gasteiger partial charge in [0.05, 0.1) is 5.54 Å². The molecular formula is C17H24BrN3O2. The number of anilines is 1. The van der Waals surface area contributed by atoms with Gasteiger partial charge in [0.25, 0.3) is 0 Å². The quantitative estimate of drug-likeness (QED) is 0.742. The van der Waals surface area contributed by atoms with Gasteiger partial charge >= 0.3 is 0 Å². The lowest BCUT2D eigenvalue weighted by Gasteiger charge is -2.32. The Hall–Kier alpha value is -1.40. The molecule has 126 valence electrons. The number of hydrogen-bond acceptors (Lipinski definition) is 3. The third-order valence-corrected chi connectivity index (χ3v) is 5.27. The molecule has 0 bridgehead atoms. The van der Waals surface area contributed by atoms with Crippen molar-refractivity contribution in [1.82, 2.24) is 5.32 Å². The molecule has 0 radical (unpaired) electrons. The summed E-state index contributed by atoms with van der Waals surface area (Å²) < 4.78 is 0.912. The highest BCUT2D eigenvalue weighted by Crippen LogP contribution is 2.28. The van der Waals surface area contributed by atoms with E-state index in [1.807, 2.05) is 38.1 Å². The predicted molar refractivity (Wildman–Crippen MR) is 95.1 cm³/mol. The van der Waals surface area contributed by atoms with E-state index in [4.69, 9.17) is 5.73 Å². The van der Waals surface area contributed by atoms with Crippen molar-refractivity contribution in [2.45, 2.75) is 38.6 Å². The Morgan fingerprint density at radius 3 is 2.70 bits per heavy atom. The largest absolute Gasteiger partial charge is 0.349 e. The van der Waals surface area contributed by atoms with Gasteiger partial charge in [0, 0.05) is 23.2 Å². The maximum absolute atomic E-state index is 12.6. The summed E-state index contributed by atoms with van der Waals surface area (Å²) in [6.07, 6.45) is 2.04. The predicted octanol–water partition coefficient (Wildman–Crippen LogP) is 2.44. The normalized spacial score (nSPS) is 18.3. The highest BCUT2D eigenvalue weighted by molar-refractivity contribution is 9.10. The smallest absolute Gasteiger partial charge is 0.239 e. The van der Waals surface area contributed by atoms with E-state index < -0.39 is 11.5 Å². The van der Waals surface area contributed by atoms with Crippen LogP contribution in [0.1, 0.15) is 33.1 Å². The third-order valence-electron chi connectivity index (χ3n) is 4.77. The SMILES string of the molecule is CCC(CC)(CN)NC(=O)C1CCN(c2cccc(Br)c2)C1=O. The number of benzene rings is 1. The van der Waals surface area contributed by atoms with Gasteiger partial charge in [-0.25, -0.2) is 0 Å². The molecule has 0 spiro atoms. The highest BCUT2D eigenvalue weighted by atomic mass is 79.9. The molecule has 1 aliphatic heterocycles. The molecule has 6 heteroatoms. The Morgan fingerprint density at radius 1 is 1.43 bits per heavy atom. The minimum absolute atomic E-state index is 0.140. The summed E-state index contributed by atoms with van der Waals surface area (Å²) in [5.41, 5.74) is 6.23. The van der Waals surface area contributed by atoms with Gasteiger partial charge in [-0.05, 0) is 37.5 Å². The van der Waals surface area contributed by atoms with E-state index in [0.717, 1.165) is 23.0 Å². The number of hydrogen-bond donors (Lipinski definition) is 2. The van der Waals surface area contributed by atoms with E-state index in [-0.39, 0.29) is 11.8 Å². The van der Waals surface area contributed by atoms with Crippen molar-refractivity contribution in [3.05, 3.63) is 28.7 Å². The van der Waals surface area contributed by atoms with E-state index in [9.17, 15) is 9.59 Å². The summed E-state index contributed by atoms with van der Waals surface area (Å²) in [4.78, 5) is 26.9. The van der Waals surface area contributed by atoms with Crippen LogP contribution in [0.4, 0.5) is 5.69 Å². The maximum atomic E-state index is 12.6. The second kappa shape index (κ2) is 7.45. The van der Waals surface area contributed by atoms with Crippen molar-refractivity contribution in [3.63, 3.8) is 0 Å². The summed E-state index contributed by atoms with van der Waals surface area (Å²) in [5.74, 6) is -0.974. The molecule has 1 aliphatic rings. The molecule has 1 unspecified atom stereocenters. The monoisotopic (exact) mass is 381 g/mol. The van der Waals surface area contributed by atoms with Crippen LogP contribution >= 0.6 is 15.9 Å². The van der Waals surface area contributed by atoms with Crippen LogP contribution < -0.4 is 16.0 Å². The lowest BCUT2D eigenvalue weighted by Crippen LogP contribution is -2.55. The van der Waals surface area contributed by atoms with E-state index >= 15 is 0 Å². The number of halogens is 1. The van der Waals surface area contributed by atoms with Crippen LogP contribution in [0.15, 0.2) is 28.7 Å². The van der Waals surface area contributed by atoms with Crippen molar-refractivity contribution in [1.29, 1.82) is 0 Å². The Kier molecular flexibility index (Phi) is 5.81. The summed E-state index contributed by atoms with van der Waals surface area (Å²) in [6.45, 7) is 4.94. The van der Waals surface area contributed by atoms with Crippen LogP contribution in [0, 0.1) is 5.92 Å². The minimum Gasteiger partial charge on any atom is -0.349 e. The van der Waals surface area contributed by atoms with Gasteiger partial charge < -0.3 is 16.0 Å². The van der Waals surface area contributed by atoms with Crippen molar-refractivity contribution in [3.8, 4) is 0 Å². The fourth-order valence-electron chi connectivity index (χ4n) is 2.94. The zero-order valence-electron chi connectivity index (χ0n) is 13.6. The molecular weight excluding hydrogens is 358 g/mol. The second-order valence-electron chi connectivity index (χ2n) is 5.99. The number of amides is 2. The maximum Gasteiger partial charge on any atom is 0.239 e. The van der Waals surface area contributed by atoms with Crippen LogP contribution in [0.3, 0.4) is 0 Å².